The van der Waals surface area contributed by atoms with Crippen LogP contribution in [0.1, 0.15) is 34.0 Å². The number of hydrogen-bond donors (Lipinski definition) is 2. The van der Waals surface area contributed by atoms with Crippen molar-refractivity contribution in [2.24, 2.45) is 5.73 Å². The molecular formula is C22H24ClF2N5O2. The van der Waals surface area contributed by atoms with Crippen LogP contribution in [-0.4, -0.2) is 59.2 Å². The van der Waals surface area contributed by atoms with Gasteiger partial charge < -0.3 is 20.7 Å². The number of rotatable bonds is 4. The second-order valence-corrected chi connectivity index (χ2v) is 8.45. The fourth-order valence-corrected chi connectivity index (χ4v) is 3.99. The maximum atomic E-state index is 13.9. The summed E-state index contributed by atoms with van der Waals surface area (Å²) in [6.07, 6.45) is -1.39. The van der Waals surface area contributed by atoms with E-state index in [1.807, 2.05) is 0 Å². The lowest BCUT2D eigenvalue weighted by Crippen LogP contribution is -2.43. The van der Waals surface area contributed by atoms with Crippen LogP contribution in [0.15, 0.2) is 23.9 Å². The summed E-state index contributed by atoms with van der Waals surface area (Å²) in [7, 11) is 0. The highest BCUT2D eigenvalue weighted by atomic mass is 35.5. The van der Waals surface area contributed by atoms with Crippen LogP contribution < -0.4 is 15.8 Å². The van der Waals surface area contributed by atoms with Crippen molar-refractivity contribution >= 4 is 23.1 Å². The Morgan fingerprint density at radius 3 is 2.66 bits per heavy atom. The largest absolute Gasteiger partial charge is 0.488 e. The Morgan fingerprint density at radius 1 is 1.25 bits per heavy atom. The van der Waals surface area contributed by atoms with Crippen LogP contribution in [0.2, 0.25) is 5.02 Å². The van der Waals surface area contributed by atoms with Gasteiger partial charge in [0.2, 0.25) is 0 Å². The van der Waals surface area contributed by atoms with Crippen molar-refractivity contribution < 1.29 is 18.3 Å². The number of amides is 1. The number of nitrogens with one attached hydrogen (secondary N) is 1. The van der Waals surface area contributed by atoms with Crippen molar-refractivity contribution in [1.82, 2.24) is 20.2 Å². The minimum Gasteiger partial charge on any atom is -0.488 e. The van der Waals surface area contributed by atoms with Gasteiger partial charge in [0.15, 0.2) is 5.82 Å². The third-order valence-electron chi connectivity index (χ3n) is 5.56. The van der Waals surface area contributed by atoms with E-state index < -0.39 is 18.1 Å². The molecule has 4 rings (SSSR count). The van der Waals surface area contributed by atoms with E-state index in [9.17, 15) is 13.6 Å². The van der Waals surface area contributed by atoms with Crippen molar-refractivity contribution in [3.05, 3.63) is 57.5 Å². The first-order valence-corrected chi connectivity index (χ1v) is 10.7. The Morgan fingerprint density at radius 2 is 1.97 bits per heavy atom. The minimum absolute atomic E-state index is 0.0809. The Labute approximate surface area is 189 Å². The molecule has 0 aliphatic carbocycles. The standard InChI is InChI=1S/C22H24ClF2N5O2/c1-11-20(23)12(2)29-21(28-11)17-9-30(10-18(17)26)22(31)16-4-3-13(24)6-19(16)32-15-5-14(25)7-27-8-15/h3-4,6,14-15,27H,5,7-10,26H2,1-2H3. The summed E-state index contributed by atoms with van der Waals surface area (Å²) < 4.78 is 33.5. The van der Waals surface area contributed by atoms with Gasteiger partial charge in [-0.15, -0.1) is 0 Å². The molecule has 0 saturated carbocycles. The van der Waals surface area contributed by atoms with Gasteiger partial charge in [-0.2, -0.15) is 0 Å². The fraction of sp³-hybridized carbons (Fsp3) is 0.409. The van der Waals surface area contributed by atoms with E-state index in [1.54, 1.807) is 13.8 Å². The predicted octanol–water partition coefficient (Wildman–Crippen LogP) is 2.79. The number of ether oxygens (including phenoxy) is 1. The topological polar surface area (TPSA) is 93.4 Å². The zero-order chi connectivity index (χ0) is 23.0. The summed E-state index contributed by atoms with van der Waals surface area (Å²) >= 11 is 6.16. The van der Waals surface area contributed by atoms with E-state index in [0.29, 0.717) is 40.0 Å². The maximum absolute atomic E-state index is 13.9. The van der Waals surface area contributed by atoms with Crippen molar-refractivity contribution in [1.29, 1.82) is 0 Å². The van der Waals surface area contributed by atoms with Crippen LogP contribution in [-0.2, 0) is 0 Å². The van der Waals surface area contributed by atoms with Crippen molar-refractivity contribution in [3.63, 3.8) is 0 Å². The van der Waals surface area contributed by atoms with E-state index >= 15 is 0 Å². The van der Waals surface area contributed by atoms with Crippen LogP contribution in [0, 0.1) is 19.7 Å². The number of aryl methyl sites for hydroxylation is 2. The molecule has 2 atom stereocenters. The number of piperidine rings is 1. The maximum Gasteiger partial charge on any atom is 0.258 e. The number of aromatic nitrogens is 2. The molecule has 1 aromatic heterocycles. The Bertz CT molecular complexity index is 1070. The number of nitrogens with zero attached hydrogens (tertiary/aromatic N) is 3. The van der Waals surface area contributed by atoms with Crippen LogP contribution >= 0.6 is 11.6 Å². The molecule has 2 aromatic rings. The highest BCUT2D eigenvalue weighted by Gasteiger charge is 2.31. The van der Waals surface area contributed by atoms with Crippen molar-refractivity contribution in [3.8, 4) is 5.75 Å². The number of halogens is 3. The Kier molecular flexibility index (Phi) is 6.30. The quantitative estimate of drug-likeness (QED) is 0.724. The first kappa shape index (κ1) is 22.4. The molecule has 10 heteroatoms. The number of carbonyl (C=O) groups excluding carboxylic acids is 1. The lowest BCUT2D eigenvalue weighted by molar-refractivity contribution is 0.0782. The monoisotopic (exact) mass is 463 g/mol. The molecule has 3 N–H and O–H groups in total. The van der Waals surface area contributed by atoms with Gasteiger partial charge in [-0.25, -0.2) is 18.7 Å². The molecule has 0 radical (unpaired) electrons. The Hall–Kier alpha value is -2.78. The molecule has 2 aliphatic heterocycles. The van der Waals surface area contributed by atoms with Crippen molar-refractivity contribution in [2.45, 2.75) is 32.5 Å². The van der Waals surface area contributed by atoms with Gasteiger partial charge in [0, 0.05) is 36.8 Å². The number of carbonyl (C=O) groups is 1. The molecule has 170 valence electrons. The second-order valence-electron chi connectivity index (χ2n) is 8.07. The molecule has 2 aliphatic rings. The molecule has 7 nitrogen and oxygen atoms in total. The molecule has 3 heterocycles. The smallest absolute Gasteiger partial charge is 0.258 e. The van der Waals surface area contributed by atoms with Gasteiger partial charge in [0.1, 0.15) is 23.8 Å². The van der Waals surface area contributed by atoms with Crippen LogP contribution in [0.3, 0.4) is 0 Å². The van der Waals surface area contributed by atoms with Gasteiger partial charge in [-0.3, -0.25) is 4.79 Å². The predicted molar refractivity (Wildman–Crippen MR) is 117 cm³/mol. The zero-order valence-corrected chi connectivity index (χ0v) is 18.5. The summed E-state index contributed by atoms with van der Waals surface area (Å²) in [5.41, 5.74) is 8.77. The molecule has 0 spiro atoms. The van der Waals surface area contributed by atoms with Gasteiger partial charge in [0.25, 0.3) is 5.91 Å². The summed E-state index contributed by atoms with van der Waals surface area (Å²) in [6.45, 7) is 4.59. The van der Waals surface area contributed by atoms with Crippen LogP contribution in [0.4, 0.5) is 8.78 Å². The van der Waals surface area contributed by atoms with Gasteiger partial charge in [-0.05, 0) is 26.0 Å². The normalized spacial score (nSPS) is 21.2. The SMILES string of the molecule is Cc1nc(C2=C(N)CN(C(=O)c3ccc(F)cc3OC3CNCC(F)C3)C2)nc(C)c1Cl. The second kappa shape index (κ2) is 8.99. The first-order valence-electron chi connectivity index (χ1n) is 10.3. The lowest BCUT2D eigenvalue weighted by Gasteiger charge is -2.27. The summed E-state index contributed by atoms with van der Waals surface area (Å²) in [5.74, 6) is -0.411. The summed E-state index contributed by atoms with van der Waals surface area (Å²) in [5, 5.41) is 3.42. The average Bonchev–Trinajstić information content (AvgIpc) is 3.13. The van der Waals surface area contributed by atoms with Gasteiger partial charge in [0.05, 0.1) is 35.1 Å². The summed E-state index contributed by atoms with van der Waals surface area (Å²) in [6, 6.07) is 3.72. The molecule has 1 aromatic carbocycles. The lowest BCUT2D eigenvalue weighted by atomic mass is 10.1. The van der Waals surface area contributed by atoms with E-state index in [2.05, 4.69) is 15.3 Å². The number of benzene rings is 1. The van der Waals surface area contributed by atoms with E-state index in [0.717, 1.165) is 6.07 Å². The van der Waals surface area contributed by atoms with Gasteiger partial charge >= 0.3 is 0 Å². The molecule has 1 saturated heterocycles. The fourth-order valence-electron chi connectivity index (χ4n) is 3.91. The molecule has 0 bridgehead atoms. The third kappa shape index (κ3) is 4.54. The molecule has 1 amide bonds. The number of hydrogen-bond acceptors (Lipinski definition) is 6. The Balaban J connectivity index is 1.55. The van der Waals surface area contributed by atoms with Crippen LogP contribution in [0.5, 0.6) is 5.75 Å². The highest BCUT2D eigenvalue weighted by Crippen LogP contribution is 2.29. The molecular weight excluding hydrogens is 440 g/mol. The van der Waals surface area contributed by atoms with E-state index in [-0.39, 0.29) is 43.3 Å². The van der Waals surface area contributed by atoms with Crippen LogP contribution in [0.25, 0.3) is 5.57 Å². The number of alkyl halides is 1. The highest BCUT2D eigenvalue weighted by molar-refractivity contribution is 6.31. The zero-order valence-electron chi connectivity index (χ0n) is 17.8. The molecule has 1 fully saturated rings. The van der Waals surface area contributed by atoms with E-state index in [1.165, 1.54) is 17.0 Å². The third-order valence-corrected chi connectivity index (χ3v) is 6.11. The minimum atomic E-state index is -1.06. The number of nitrogens with two attached hydrogens (primary N) is 1. The van der Waals surface area contributed by atoms with E-state index in [4.69, 9.17) is 22.1 Å². The molecule has 32 heavy (non-hydrogen) atoms. The average molecular weight is 464 g/mol. The first-order chi connectivity index (χ1) is 15.2. The van der Waals surface area contributed by atoms with Gasteiger partial charge in [-0.1, -0.05) is 11.6 Å². The van der Waals surface area contributed by atoms with Crippen molar-refractivity contribution in [2.75, 3.05) is 26.2 Å². The summed E-state index contributed by atoms with van der Waals surface area (Å²) in [4.78, 5) is 23.6. The molecule has 2 unspecified atom stereocenters.